The topological polar surface area (TPSA) is 24.1 Å². The van der Waals surface area contributed by atoms with Crippen LogP contribution < -0.4 is 9.62 Å². The van der Waals surface area contributed by atoms with E-state index in [2.05, 4.69) is 26.1 Å². The summed E-state index contributed by atoms with van der Waals surface area (Å²) >= 11 is 2.26. The van der Waals surface area contributed by atoms with E-state index in [0.717, 1.165) is 18.9 Å². The van der Waals surface area contributed by atoms with Gasteiger partial charge in [-0.1, -0.05) is 19.3 Å². The fraction of sp³-hybridized carbons (Fsp3) is 0.538. The van der Waals surface area contributed by atoms with Crippen LogP contribution in [0.1, 0.15) is 37.7 Å². The van der Waals surface area contributed by atoms with Gasteiger partial charge in [0.05, 0.1) is 5.69 Å². The molecule has 1 saturated carbocycles. The van der Waals surface area contributed by atoms with Crippen LogP contribution in [-0.4, -0.2) is 22.6 Å². The summed E-state index contributed by atoms with van der Waals surface area (Å²) in [6, 6.07) is 2.75. The van der Waals surface area contributed by atoms with Gasteiger partial charge in [0.1, 0.15) is 11.6 Å². The molecule has 0 aromatic heterocycles. The molecule has 1 aliphatic carbocycles. The lowest BCUT2D eigenvalue weighted by Crippen LogP contribution is -2.30. The summed E-state index contributed by atoms with van der Waals surface area (Å²) in [4.78, 5) is 0. The number of halogens is 2. The Bertz CT molecular complexity index is 406. The van der Waals surface area contributed by atoms with Crippen molar-refractivity contribution in [2.45, 2.75) is 44.7 Å². The van der Waals surface area contributed by atoms with Gasteiger partial charge in [-0.25, -0.2) is 8.78 Å². The minimum atomic E-state index is -0.551. The Morgan fingerprint density at radius 3 is 2.56 bits per heavy atom. The normalized spacial score (nSPS) is 16.8. The van der Waals surface area contributed by atoms with Gasteiger partial charge in [-0.3, -0.25) is 0 Å². The van der Waals surface area contributed by atoms with Gasteiger partial charge in [0.15, 0.2) is 0 Å². The number of hydrogen-bond donors (Lipinski definition) is 2. The van der Waals surface area contributed by atoms with Gasteiger partial charge in [0, 0.05) is 18.7 Å². The van der Waals surface area contributed by atoms with Gasteiger partial charge >= 0.3 is 16.5 Å². The fourth-order valence-electron chi connectivity index (χ4n) is 2.49. The molecule has 0 saturated heterocycles. The molecule has 1 aliphatic rings. The molecule has 5 heteroatoms. The minimum Gasteiger partial charge on any atom is -0.489 e. The van der Waals surface area contributed by atoms with Gasteiger partial charge in [0.25, 0.3) is 0 Å². The summed E-state index contributed by atoms with van der Waals surface area (Å²) in [5.74, 6) is -1.08. The Labute approximate surface area is 115 Å². The van der Waals surface area contributed by atoms with Gasteiger partial charge in [-0.2, -0.15) is 0 Å². The van der Waals surface area contributed by atoms with Crippen LogP contribution in [0.15, 0.2) is 12.1 Å². The largest absolute Gasteiger partial charge is 0.489 e. The molecule has 2 N–H and O–H groups in total. The molecule has 0 bridgehead atoms. The monoisotopic (exact) mass is 266 g/mol. The van der Waals surface area contributed by atoms with Crippen LogP contribution in [0.25, 0.3) is 0 Å². The first-order valence-corrected chi connectivity index (χ1v) is 6.96. The van der Waals surface area contributed by atoms with Crippen molar-refractivity contribution in [1.82, 2.24) is 5.32 Å². The zero-order valence-electron chi connectivity index (χ0n) is 10.3. The number of hydrogen-bond acceptors (Lipinski definition) is 2. The third kappa shape index (κ3) is 3.44. The highest BCUT2D eigenvalue weighted by Crippen LogP contribution is 2.22. The van der Waals surface area contributed by atoms with E-state index in [0.29, 0.717) is 23.8 Å². The fourth-order valence-corrected chi connectivity index (χ4v) is 2.81. The summed E-state index contributed by atoms with van der Waals surface area (Å²) in [6.07, 6.45) is 6.09. The number of nitrogens with one attached hydrogen (secondary N) is 2. The lowest BCUT2D eigenvalue weighted by Gasteiger charge is -2.23. The zero-order chi connectivity index (χ0) is 13.0. The molecule has 1 aromatic rings. The molecule has 2 nitrogen and oxygen atoms in total. The van der Waals surface area contributed by atoms with Crippen LogP contribution in [0, 0.1) is 11.6 Å². The SMILES string of the molecule is Fc1cc(F)c([NH][Al])c(CNC2CCCCC2)c1. The molecule has 2 radical (unpaired) electrons. The van der Waals surface area contributed by atoms with Crippen molar-refractivity contribution in [3.63, 3.8) is 0 Å². The second-order valence-electron chi connectivity index (χ2n) is 4.78. The minimum absolute atomic E-state index is 0.352. The Balaban J connectivity index is 2.03. The van der Waals surface area contributed by atoms with E-state index < -0.39 is 11.6 Å². The van der Waals surface area contributed by atoms with Crippen LogP contribution in [0.5, 0.6) is 0 Å². The highest BCUT2D eigenvalue weighted by molar-refractivity contribution is 6.16. The molecule has 18 heavy (non-hydrogen) atoms. The lowest BCUT2D eigenvalue weighted by molar-refractivity contribution is 0.372. The second-order valence-corrected chi connectivity index (χ2v) is 5.07. The Morgan fingerprint density at radius 1 is 1.17 bits per heavy atom. The Hall–Kier alpha value is -0.628. The van der Waals surface area contributed by atoms with E-state index in [1.165, 1.54) is 25.3 Å². The van der Waals surface area contributed by atoms with Crippen LogP contribution in [0.3, 0.4) is 0 Å². The summed E-state index contributed by atoms with van der Waals surface area (Å²) in [7, 11) is 0. The first-order chi connectivity index (χ1) is 8.70. The molecule has 0 amide bonds. The third-order valence-electron chi connectivity index (χ3n) is 3.47. The average molecular weight is 266 g/mol. The summed E-state index contributed by atoms with van der Waals surface area (Å²) in [5, 5.41) is 3.38. The second kappa shape index (κ2) is 6.51. The van der Waals surface area contributed by atoms with Crippen LogP contribution >= 0.6 is 0 Å². The molecule has 0 heterocycles. The molecule has 0 spiro atoms. The van der Waals surface area contributed by atoms with Crippen molar-refractivity contribution in [3.05, 3.63) is 29.3 Å². The van der Waals surface area contributed by atoms with Gasteiger partial charge in [-0.05, 0) is 24.5 Å². The first kappa shape index (κ1) is 13.8. The highest BCUT2D eigenvalue weighted by atomic mass is 27.1. The molecular weight excluding hydrogens is 249 g/mol. The third-order valence-corrected chi connectivity index (χ3v) is 3.76. The molecule has 2 rings (SSSR count). The molecule has 0 atom stereocenters. The lowest BCUT2D eigenvalue weighted by atomic mass is 9.95. The zero-order valence-corrected chi connectivity index (χ0v) is 11.5. The van der Waals surface area contributed by atoms with Crippen molar-refractivity contribution in [2.24, 2.45) is 0 Å². The van der Waals surface area contributed by atoms with Crippen LogP contribution in [0.4, 0.5) is 14.5 Å². The van der Waals surface area contributed by atoms with Gasteiger partial charge < -0.3 is 9.62 Å². The van der Waals surface area contributed by atoms with Crippen molar-refractivity contribution >= 4 is 22.2 Å². The molecule has 0 unspecified atom stereocenters. The summed E-state index contributed by atoms with van der Waals surface area (Å²) < 4.78 is 29.5. The van der Waals surface area contributed by atoms with E-state index in [1.807, 2.05) is 0 Å². The molecular formula is C13H17AlF2N2. The summed E-state index contributed by atoms with van der Waals surface area (Å²) in [6.45, 7) is 0.496. The van der Waals surface area contributed by atoms with E-state index >= 15 is 0 Å². The number of benzene rings is 1. The van der Waals surface area contributed by atoms with Crippen LogP contribution in [-0.2, 0) is 6.54 Å². The van der Waals surface area contributed by atoms with Crippen molar-refractivity contribution in [2.75, 3.05) is 4.30 Å². The maximum atomic E-state index is 13.5. The number of anilines is 1. The quantitative estimate of drug-likeness (QED) is 0.819. The summed E-state index contributed by atoms with van der Waals surface area (Å²) in [5.41, 5.74) is 0.984. The smallest absolute Gasteiger partial charge is 0.305 e. The van der Waals surface area contributed by atoms with Crippen molar-refractivity contribution < 1.29 is 8.78 Å². The predicted octanol–water partition coefficient (Wildman–Crippen LogP) is 2.88. The van der Waals surface area contributed by atoms with E-state index in [4.69, 9.17) is 0 Å². The molecule has 96 valence electrons. The highest BCUT2D eigenvalue weighted by Gasteiger charge is 2.14. The molecule has 0 aliphatic heterocycles. The average Bonchev–Trinajstić information content (AvgIpc) is 2.37. The maximum absolute atomic E-state index is 13.5. The molecule has 1 fully saturated rings. The van der Waals surface area contributed by atoms with Crippen molar-refractivity contribution in [1.29, 1.82) is 0 Å². The standard InChI is InChI=1S/C13H17F2N2.Al/c14-10-6-9(13(16)12(15)7-10)8-17-11-4-2-1-3-5-11;/h6-7,11,16-17H,1-5,8H2;/q-1;+1. The Kier molecular flexibility index (Phi) is 4.99. The van der Waals surface area contributed by atoms with Crippen LogP contribution in [0.2, 0.25) is 0 Å². The van der Waals surface area contributed by atoms with E-state index in [-0.39, 0.29) is 0 Å². The Morgan fingerprint density at radius 2 is 1.89 bits per heavy atom. The molecule has 1 aromatic carbocycles. The van der Waals surface area contributed by atoms with Gasteiger partial charge in [-0.15, -0.1) is 0 Å². The van der Waals surface area contributed by atoms with E-state index in [9.17, 15) is 8.78 Å². The number of rotatable bonds is 4. The van der Waals surface area contributed by atoms with Crippen molar-refractivity contribution in [3.8, 4) is 0 Å². The van der Waals surface area contributed by atoms with Gasteiger partial charge in [0.2, 0.25) is 0 Å². The predicted molar refractivity (Wildman–Crippen MR) is 69.4 cm³/mol. The maximum Gasteiger partial charge on any atom is 0.305 e. The van der Waals surface area contributed by atoms with E-state index in [1.54, 1.807) is 0 Å². The first-order valence-electron chi connectivity index (χ1n) is 6.38.